The van der Waals surface area contributed by atoms with Crippen LogP contribution in [-0.2, 0) is 23.8 Å². The summed E-state index contributed by atoms with van der Waals surface area (Å²) < 4.78 is 18.1. The maximum absolute atomic E-state index is 13.0. The average molecular weight is 320 g/mol. The highest BCUT2D eigenvalue weighted by molar-refractivity contribution is 5.95. The van der Waals surface area contributed by atoms with Crippen LogP contribution >= 0.6 is 0 Å². The lowest BCUT2D eigenvalue weighted by atomic mass is 9.64. The van der Waals surface area contributed by atoms with Gasteiger partial charge in [-0.2, -0.15) is 0 Å². The Kier molecular flexibility index (Phi) is 3.11. The van der Waals surface area contributed by atoms with Crippen molar-refractivity contribution in [2.24, 2.45) is 17.3 Å². The number of ether oxygens (including phenoxy) is 3. The fourth-order valence-corrected chi connectivity index (χ4v) is 5.46. The SMILES string of the molecule is C=C1C(=O)O[C@@H]2[C@H]1CC[C@H](C)[C@]13OC(CC)O[C@H]1CC(=O)[C@@]23C. The molecule has 0 aromatic rings. The molecule has 0 radical (unpaired) electrons. The van der Waals surface area contributed by atoms with E-state index in [0.29, 0.717) is 12.0 Å². The Morgan fingerprint density at radius 1 is 1.30 bits per heavy atom. The van der Waals surface area contributed by atoms with Gasteiger partial charge in [0.25, 0.3) is 0 Å². The number of ketones is 1. The molecule has 1 spiro atoms. The minimum absolute atomic E-state index is 0.0864. The highest BCUT2D eigenvalue weighted by Crippen LogP contribution is 2.63. The van der Waals surface area contributed by atoms with Gasteiger partial charge in [0.15, 0.2) is 6.29 Å². The lowest BCUT2D eigenvalue weighted by molar-refractivity contribution is -0.190. The maximum Gasteiger partial charge on any atom is 0.334 e. The molecule has 2 saturated heterocycles. The van der Waals surface area contributed by atoms with Crippen LogP contribution in [0.2, 0.25) is 0 Å². The van der Waals surface area contributed by atoms with Gasteiger partial charge in [-0.15, -0.1) is 0 Å². The number of Topliss-reactive ketones (excluding diaryl/α,β-unsaturated/α-hetero) is 1. The third-order valence-electron chi connectivity index (χ3n) is 6.74. The summed E-state index contributed by atoms with van der Waals surface area (Å²) in [6.45, 7) is 9.98. The van der Waals surface area contributed by atoms with Crippen LogP contribution < -0.4 is 0 Å². The summed E-state index contributed by atoms with van der Waals surface area (Å²) in [5.41, 5.74) is -1.06. The third-order valence-corrected chi connectivity index (χ3v) is 6.74. The van der Waals surface area contributed by atoms with Gasteiger partial charge in [-0.25, -0.2) is 4.79 Å². The second-order valence-electron chi connectivity index (χ2n) is 7.64. The smallest absolute Gasteiger partial charge is 0.334 e. The first-order valence-electron chi connectivity index (χ1n) is 8.62. The van der Waals surface area contributed by atoms with Crippen molar-refractivity contribution in [3.8, 4) is 0 Å². The van der Waals surface area contributed by atoms with Crippen molar-refractivity contribution >= 4 is 11.8 Å². The summed E-state index contributed by atoms with van der Waals surface area (Å²) in [5.74, 6) is -0.213. The summed E-state index contributed by atoms with van der Waals surface area (Å²) in [7, 11) is 0. The predicted octanol–water partition coefficient (Wildman–Crippen LogP) is 2.38. The molecule has 1 unspecified atom stereocenters. The largest absolute Gasteiger partial charge is 0.457 e. The van der Waals surface area contributed by atoms with E-state index in [2.05, 4.69) is 13.5 Å². The zero-order valence-corrected chi connectivity index (χ0v) is 14.0. The van der Waals surface area contributed by atoms with Gasteiger partial charge in [-0.1, -0.05) is 20.4 Å². The molecule has 4 aliphatic rings. The molecule has 0 amide bonds. The summed E-state index contributed by atoms with van der Waals surface area (Å²) in [4.78, 5) is 25.1. The number of carbonyl (C=O) groups excluding carboxylic acids is 2. The molecule has 126 valence electrons. The van der Waals surface area contributed by atoms with E-state index in [1.54, 1.807) is 0 Å². The molecule has 5 nitrogen and oxygen atoms in total. The van der Waals surface area contributed by atoms with Crippen molar-refractivity contribution < 1.29 is 23.8 Å². The first kappa shape index (κ1) is 15.3. The number of esters is 1. The fourth-order valence-electron chi connectivity index (χ4n) is 5.46. The van der Waals surface area contributed by atoms with Crippen LogP contribution in [0.1, 0.15) is 46.5 Å². The summed E-state index contributed by atoms with van der Waals surface area (Å²) in [5, 5.41) is 0. The molecule has 0 aromatic carbocycles. The van der Waals surface area contributed by atoms with Gasteiger partial charge in [-0.05, 0) is 32.1 Å². The van der Waals surface area contributed by atoms with Gasteiger partial charge in [-0.3, -0.25) is 4.79 Å². The number of hydrogen-bond donors (Lipinski definition) is 0. The Morgan fingerprint density at radius 2 is 2.04 bits per heavy atom. The van der Waals surface area contributed by atoms with Crippen LogP contribution in [0.15, 0.2) is 12.2 Å². The average Bonchev–Trinajstić information content (AvgIpc) is 3.07. The second-order valence-corrected chi connectivity index (χ2v) is 7.64. The lowest BCUT2D eigenvalue weighted by Crippen LogP contribution is -2.59. The Hall–Kier alpha value is -1.20. The molecule has 5 heteroatoms. The standard InChI is InChI=1S/C18H24O5/c1-5-14-21-13-8-12(19)17(4)15-11(10(3)16(20)22-15)7-6-9(2)18(13,17)23-14/h9,11,13-15H,3,5-8H2,1-2,4H3/t9-,11-,13-,14?,15+,17-,18-/m0/s1. The molecule has 4 rings (SSSR count). The van der Waals surface area contributed by atoms with Gasteiger partial charge in [0.2, 0.25) is 0 Å². The van der Waals surface area contributed by atoms with E-state index in [1.807, 2.05) is 13.8 Å². The van der Waals surface area contributed by atoms with Crippen LogP contribution in [0.3, 0.4) is 0 Å². The van der Waals surface area contributed by atoms with Gasteiger partial charge >= 0.3 is 5.97 Å². The molecule has 0 N–H and O–H groups in total. The number of rotatable bonds is 1. The minimum Gasteiger partial charge on any atom is -0.457 e. The van der Waals surface area contributed by atoms with Gasteiger partial charge in [0.1, 0.15) is 17.5 Å². The number of hydrogen-bond acceptors (Lipinski definition) is 5. The molecule has 23 heavy (non-hydrogen) atoms. The monoisotopic (exact) mass is 320 g/mol. The highest BCUT2D eigenvalue weighted by Gasteiger charge is 2.76. The van der Waals surface area contributed by atoms with Crippen molar-refractivity contribution in [3.63, 3.8) is 0 Å². The Balaban J connectivity index is 1.87. The molecule has 2 aliphatic heterocycles. The van der Waals surface area contributed by atoms with E-state index in [9.17, 15) is 9.59 Å². The van der Waals surface area contributed by atoms with Crippen molar-refractivity contribution in [2.45, 2.75) is 70.6 Å². The molecule has 2 heterocycles. The first-order valence-corrected chi connectivity index (χ1v) is 8.62. The molecule has 2 aliphatic carbocycles. The quantitative estimate of drug-likeness (QED) is 0.548. The van der Waals surface area contributed by atoms with Crippen LogP contribution in [-0.4, -0.2) is 35.9 Å². The molecule has 2 saturated carbocycles. The number of fused-ring (bicyclic) bond motifs is 2. The summed E-state index contributed by atoms with van der Waals surface area (Å²) >= 11 is 0. The fraction of sp³-hybridized carbons (Fsp3) is 0.778. The Labute approximate surface area is 136 Å². The van der Waals surface area contributed by atoms with E-state index in [-0.39, 0.29) is 36.0 Å². The second kappa shape index (κ2) is 4.67. The highest BCUT2D eigenvalue weighted by atomic mass is 16.7. The number of carbonyl (C=O) groups is 2. The predicted molar refractivity (Wildman–Crippen MR) is 81.4 cm³/mol. The van der Waals surface area contributed by atoms with E-state index in [0.717, 1.165) is 19.3 Å². The van der Waals surface area contributed by atoms with E-state index in [4.69, 9.17) is 14.2 Å². The molecule has 7 atom stereocenters. The van der Waals surface area contributed by atoms with Gasteiger partial charge in [0.05, 0.1) is 11.5 Å². The van der Waals surface area contributed by atoms with E-state index in [1.165, 1.54) is 0 Å². The van der Waals surface area contributed by atoms with Crippen molar-refractivity contribution in [3.05, 3.63) is 12.2 Å². The normalized spacial score (nSPS) is 52.0. The maximum atomic E-state index is 13.0. The lowest BCUT2D eigenvalue weighted by Gasteiger charge is -2.45. The zero-order valence-electron chi connectivity index (χ0n) is 14.0. The minimum atomic E-state index is -0.864. The van der Waals surface area contributed by atoms with Crippen molar-refractivity contribution in [2.75, 3.05) is 0 Å². The Bertz CT molecular complexity index is 598. The molecule has 4 fully saturated rings. The molecule has 0 aromatic heterocycles. The summed E-state index contributed by atoms with van der Waals surface area (Å²) in [6.07, 6.45) is 1.74. The van der Waals surface area contributed by atoms with Crippen molar-refractivity contribution in [1.82, 2.24) is 0 Å². The van der Waals surface area contributed by atoms with Crippen LogP contribution in [0.25, 0.3) is 0 Å². The van der Waals surface area contributed by atoms with Gasteiger partial charge in [0, 0.05) is 17.9 Å². The van der Waals surface area contributed by atoms with Gasteiger partial charge < -0.3 is 14.2 Å². The first-order chi connectivity index (χ1) is 10.9. The molecule has 0 bridgehead atoms. The topological polar surface area (TPSA) is 61.8 Å². The Morgan fingerprint density at radius 3 is 2.74 bits per heavy atom. The van der Waals surface area contributed by atoms with Crippen LogP contribution in [0.5, 0.6) is 0 Å². The molecular weight excluding hydrogens is 296 g/mol. The van der Waals surface area contributed by atoms with Crippen LogP contribution in [0.4, 0.5) is 0 Å². The summed E-state index contributed by atoms with van der Waals surface area (Å²) in [6, 6.07) is 0. The van der Waals surface area contributed by atoms with Crippen molar-refractivity contribution in [1.29, 1.82) is 0 Å². The van der Waals surface area contributed by atoms with Crippen LogP contribution in [0, 0.1) is 17.3 Å². The zero-order chi connectivity index (χ0) is 16.6. The molecular formula is C18H24O5. The third kappa shape index (κ3) is 1.60. The van der Waals surface area contributed by atoms with E-state index >= 15 is 0 Å². The van der Waals surface area contributed by atoms with E-state index < -0.39 is 17.1 Å².